The van der Waals surface area contributed by atoms with Crippen molar-refractivity contribution in [3.63, 3.8) is 0 Å². The number of fused-ring (bicyclic) bond motifs is 3. The Hall–Kier alpha value is -5.55. The van der Waals surface area contributed by atoms with Gasteiger partial charge in [-0.15, -0.1) is 0 Å². The molecule has 2 heterocycles. The number of benzene rings is 4. The molecule has 0 unspecified atom stereocenters. The first-order chi connectivity index (χ1) is 20.0. The molecule has 0 bridgehead atoms. The first-order valence-corrected chi connectivity index (χ1v) is 13.3. The number of pyridine rings is 2. The van der Waals surface area contributed by atoms with Gasteiger partial charge in [0.1, 0.15) is 0 Å². The Balaban J connectivity index is 1.45. The van der Waals surface area contributed by atoms with E-state index in [9.17, 15) is 9.59 Å². The fraction of sp³-hybridized carbons (Fsp3) is 0.0278. The van der Waals surface area contributed by atoms with Gasteiger partial charge in [0.05, 0.1) is 16.7 Å². The van der Waals surface area contributed by atoms with Gasteiger partial charge in [-0.25, -0.2) is 0 Å². The van der Waals surface area contributed by atoms with Crippen LogP contribution in [-0.2, 0) is 4.79 Å². The number of nitrogens with zero attached hydrogens (tertiary/aromatic N) is 2. The third kappa shape index (κ3) is 5.21. The van der Waals surface area contributed by atoms with Gasteiger partial charge in [0, 0.05) is 28.7 Å². The quantitative estimate of drug-likeness (QED) is 0.135. The molecule has 0 fully saturated rings. The van der Waals surface area contributed by atoms with E-state index in [1.165, 1.54) is 6.08 Å². The molecule has 6 aromatic rings. The number of hydrogen-bond acceptors (Lipinski definition) is 3. The van der Waals surface area contributed by atoms with Crippen molar-refractivity contribution in [2.75, 3.05) is 5.32 Å². The van der Waals surface area contributed by atoms with Crippen LogP contribution in [0.4, 0.5) is 5.69 Å². The van der Waals surface area contributed by atoms with Gasteiger partial charge < -0.3 is 5.32 Å². The Labute approximate surface area is 237 Å². The van der Waals surface area contributed by atoms with E-state index in [1.807, 2.05) is 49.4 Å². The summed E-state index contributed by atoms with van der Waals surface area (Å²) in [5.41, 5.74) is 7.88. The molecule has 2 aromatic heterocycles. The Bertz CT molecular complexity index is 2020. The van der Waals surface area contributed by atoms with Crippen molar-refractivity contribution in [1.29, 1.82) is 0 Å². The van der Waals surface area contributed by atoms with Crippen LogP contribution in [0.3, 0.4) is 0 Å². The van der Waals surface area contributed by atoms with Crippen LogP contribution in [0.1, 0.15) is 16.7 Å². The number of carbonyl (C=O) groups excluding carboxylic acids is 1. The fourth-order valence-electron chi connectivity index (χ4n) is 4.96. The number of anilines is 1. The second-order valence-electron chi connectivity index (χ2n) is 9.86. The van der Waals surface area contributed by atoms with Gasteiger partial charge in [-0.3, -0.25) is 19.1 Å². The van der Waals surface area contributed by atoms with Crippen molar-refractivity contribution >= 4 is 45.6 Å². The lowest BCUT2D eigenvalue weighted by molar-refractivity contribution is -0.111. The minimum absolute atomic E-state index is 0.171. The van der Waals surface area contributed by atoms with E-state index in [0.29, 0.717) is 11.4 Å². The summed E-state index contributed by atoms with van der Waals surface area (Å²) in [5.74, 6) is -0.309. The first-order valence-electron chi connectivity index (χ1n) is 13.3. The molecule has 1 amide bonds. The molecule has 0 saturated heterocycles. The predicted octanol–water partition coefficient (Wildman–Crippen LogP) is 7.81. The summed E-state index contributed by atoms with van der Waals surface area (Å²) in [6.07, 6.45) is 7.21. The highest BCUT2D eigenvalue weighted by Crippen LogP contribution is 2.30. The van der Waals surface area contributed by atoms with E-state index in [4.69, 9.17) is 0 Å². The first kappa shape index (κ1) is 25.7. The summed E-state index contributed by atoms with van der Waals surface area (Å²) in [6, 6.07) is 33.7. The van der Waals surface area contributed by atoms with E-state index in [1.54, 1.807) is 22.9 Å². The van der Waals surface area contributed by atoms with Gasteiger partial charge in [0.25, 0.3) is 5.56 Å². The SMILES string of the molecule is C=CC(=O)Nc1cc(-n2c(=O)ccc3cnc4ccc(-c5ccc(/C=C/c6ccccc6)cc5)cc4c32)ccc1C. The van der Waals surface area contributed by atoms with Crippen molar-refractivity contribution < 1.29 is 4.79 Å². The number of hydrogen-bond donors (Lipinski definition) is 1. The van der Waals surface area contributed by atoms with E-state index >= 15 is 0 Å². The molecule has 0 aliphatic heterocycles. The van der Waals surface area contributed by atoms with Crippen LogP contribution in [0.2, 0.25) is 0 Å². The summed E-state index contributed by atoms with van der Waals surface area (Å²) in [5, 5.41) is 4.54. The van der Waals surface area contributed by atoms with Crippen LogP contribution in [0.25, 0.3) is 50.8 Å². The van der Waals surface area contributed by atoms with Gasteiger partial charge in [0.15, 0.2) is 0 Å². The van der Waals surface area contributed by atoms with E-state index in [2.05, 4.69) is 77.6 Å². The smallest absolute Gasteiger partial charge is 0.255 e. The molecule has 198 valence electrons. The number of aromatic nitrogens is 2. The average molecular weight is 534 g/mol. The van der Waals surface area contributed by atoms with Gasteiger partial charge >= 0.3 is 0 Å². The Morgan fingerprint density at radius 2 is 1.56 bits per heavy atom. The summed E-state index contributed by atoms with van der Waals surface area (Å²) in [6.45, 7) is 5.44. The number of amides is 1. The fourth-order valence-corrected chi connectivity index (χ4v) is 4.96. The van der Waals surface area contributed by atoms with Crippen molar-refractivity contribution in [3.8, 4) is 16.8 Å². The summed E-state index contributed by atoms with van der Waals surface area (Å²) in [4.78, 5) is 30.0. The van der Waals surface area contributed by atoms with Gasteiger partial charge in [-0.2, -0.15) is 0 Å². The zero-order chi connectivity index (χ0) is 28.3. The lowest BCUT2D eigenvalue weighted by Crippen LogP contribution is -2.18. The van der Waals surface area contributed by atoms with Crippen LogP contribution in [0, 0.1) is 6.92 Å². The lowest BCUT2D eigenvalue weighted by Gasteiger charge is -2.15. The zero-order valence-corrected chi connectivity index (χ0v) is 22.5. The summed E-state index contributed by atoms with van der Waals surface area (Å²) < 4.78 is 1.68. The van der Waals surface area contributed by atoms with Crippen molar-refractivity contribution in [2.24, 2.45) is 0 Å². The van der Waals surface area contributed by atoms with Gasteiger partial charge in [0.2, 0.25) is 5.91 Å². The molecule has 41 heavy (non-hydrogen) atoms. The highest BCUT2D eigenvalue weighted by molar-refractivity contribution is 6.05. The van der Waals surface area contributed by atoms with Crippen LogP contribution in [0.5, 0.6) is 0 Å². The van der Waals surface area contributed by atoms with Gasteiger partial charge in [-0.1, -0.05) is 85.5 Å². The van der Waals surface area contributed by atoms with Crippen LogP contribution >= 0.6 is 0 Å². The molecule has 5 nitrogen and oxygen atoms in total. The van der Waals surface area contributed by atoms with Crippen LogP contribution < -0.4 is 10.9 Å². The van der Waals surface area contributed by atoms with Crippen molar-refractivity contribution in [2.45, 2.75) is 6.92 Å². The third-order valence-corrected chi connectivity index (χ3v) is 7.15. The van der Waals surface area contributed by atoms with Crippen LogP contribution in [0.15, 0.2) is 127 Å². The maximum atomic E-state index is 13.3. The Morgan fingerprint density at radius 1 is 0.829 bits per heavy atom. The number of rotatable bonds is 6. The molecule has 0 atom stereocenters. The van der Waals surface area contributed by atoms with Crippen molar-refractivity contribution in [1.82, 2.24) is 9.55 Å². The minimum atomic E-state index is -0.309. The van der Waals surface area contributed by atoms with Crippen molar-refractivity contribution in [3.05, 3.63) is 149 Å². The highest BCUT2D eigenvalue weighted by Gasteiger charge is 2.13. The number of nitrogens with one attached hydrogen (secondary N) is 1. The van der Waals surface area contributed by atoms with Gasteiger partial charge in [-0.05, 0) is 71.1 Å². The molecule has 6 rings (SSSR count). The summed E-state index contributed by atoms with van der Waals surface area (Å²) in [7, 11) is 0. The van der Waals surface area contributed by atoms with E-state index in [-0.39, 0.29) is 11.5 Å². The molecule has 5 heteroatoms. The normalized spacial score (nSPS) is 11.2. The maximum absolute atomic E-state index is 13.3. The number of carbonyl (C=O) groups is 1. The molecule has 1 N–H and O–H groups in total. The third-order valence-electron chi connectivity index (χ3n) is 7.15. The molecular formula is C36H27N3O2. The monoisotopic (exact) mass is 533 g/mol. The molecule has 0 radical (unpaired) electrons. The highest BCUT2D eigenvalue weighted by atomic mass is 16.1. The standard InChI is InChI=1S/C36H27N3O2/c1-3-34(40)38-33-22-30(18-9-24(33)2)39-35(41)20-17-29-23-37-32-19-16-28(21-31(32)36(29)39)27-14-12-26(13-15-27)11-10-25-7-5-4-6-8-25/h3-23H,1H2,2H3,(H,38,40)/b11-10+. The Morgan fingerprint density at radius 3 is 2.32 bits per heavy atom. The lowest BCUT2D eigenvalue weighted by atomic mass is 10.0. The van der Waals surface area contributed by atoms with E-state index < -0.39 is 0 Å². The molecular weight excluding hydrogens is 506 g/mol. The zero-order valence-electron chi connectivity index (χ0n) is 22.5. The second kappa shape index (κ2) is 10.9. The summed E-state index contributed by atoms with van der Waals surface area (Å²) >= 11 is 0. The molecule has 0 saturated carbocycles. The molecule has 0 spiro atoms. The average Bonchev–Trinajstić information content (AvgIpc) is 3.01. The predicted molar refractivity (Wildman–Crippen MR) is 169 cm³/mol. The van der Waals surface area contributed by atoms with E-state index in [0.717, 1.165) is 49.6 Å². The Kier molecular flexibility index (Phi) is 6.84. The molecule has 0 aliphatic rings. The molecule has 0 aliphatic carbocycles. The number of aryl methyl sites for hydroxylation is 1. The second-order valence-corrected chi connectivity index (χ2v) is 9.86. The van der Waals surface area contributed by atoms with Crippen LogP contribution in [-0.4, -0.2) is 15.5 Å². The maximum Gasteiger partial charge on any atom is 0.255 e. The minimum Gasteiger partial charge on any atom is -0.322 e. The topological polar surface area (TPSA) is 64.0 Å². The molecule has 4 aromatic carbocycles. The largest absolute Gasteiger partial charge is 0.322 e.